The van der Waals surface area contributed by atoms with E-state index in [1.165, 1.54) is 0 Å². The number of para-hydroxylation sites is 1. The fourth-order valence-electron chi connectivity index (χ4n) is 4.08. The second kappa shape index (κ2) is 9.15. The zero-order chi connectivity index (χ0) is 22.0. The largest absolute Gasteiger partial charge is 0.496 e. The molecule has 2 aromatic rings. The first kappa shape index (κ1) is 21.4. The summed E-state index contributed by atoms with van der Waals surface area (Å²) in [5.41, 5.74) is 2.90. The van der Waals surface area contributed by atoms with E-state index in [0.717, 1.165) is 24.0 Å². The molecule has 2 aliphatic rings. The quantitative estimate of drug-likeness (QED) is 0.564. The van der Waals surface area contributed by atoms with Gasteiger partial charge in [-0.15, -0.1) is 0 Å². The first-order chi connectivity index (χ1) is 15.0. The van der Waals surface area contributed by atoms with Crippen molar-refractivity contribution in [1.82, 2.24) is 4.90 Å². The molecule has 0 bridgehead atoms. The minimum absolute atomic E-state index is 0.0469. The Labute approximate surface area is 187 Å². The van der Waals surface area contributed by atoms with Gasteiger partial charge < -0.3 is 14.4 Å². The molecule has 0 N–H and O–H groups in total. The Morgan fingerprint density at radius 1 is 1.13 bits per heavy atom. The Balaban J connectivity index is 1.64. The molecular formula is C25H26ClNO4. The second-order valence-electron chi connectivity index (χ2n) is 8.14. The first-order valence-corrected chi connectivity index (χ1v) is 10.9. The van der Waals surface area contributed by atoms with Crippen LogP contribution in [0.25, 0.3) is 0 Å². The molecule has 1 heterocycles. The second-order valence-corrected chi connectivity index (χ2v) is 8.58. The van der Waals surface area contributed by atoms with E-state index in [1.54, 1.807) is 24.1 Å². The van der Waals surface area contributed by atoms with E-state index < -0.39 is 5.97 Å². The summed E-state index contributed by atoms with van der Waals surface area (Å²) in [6, 6.07) is 14.8. The zero-order valence-electron chi connectivity index (χ0n) is 17.8. The van der Waals surface area contributed by atoms with E-state index in [4.69, 9.17) is 21.1 Å². The van der Waals surface area contributed by atoms with Gasteiger partial charge in [-0.25, -0.2) is 4.79 Å². The van der Waals surface area contributed by atoms with Crippen molar-refractivity contribution in [2.75, 3.05) is 13.7 Å². The molecule has 1 unspecified atom stereocenters. The van der Waals surface area contributed by atoms with Crippen molar-refractivity contribution in [1.29, 1.82) is 0 Å². The smallest absolute Gasteiger partial charge is 0.336 e. The highest BCUT2D eigenvalue weighted by Gasteiger charge is 2.39. The number of carbonyl (C=O) groups is 2. The van der Waals surface area contributed by atoms with Crippen LogP contribution in [-0.2, 0) is 20.9 Å². The summed E-state index contributed by atoms with van der Waals surface area (Å²) in [7, 11) is 1.59. The number of ether oxygens (including phenoxy) is 2. The minimum Gasteiger partial charge on any atom is -0.496 e. The van der Waals surface area contributed by atoms with Crippen LogP contribution in [0.1, 0.15) is 43.2 Å². The molecule has 1 aliphatic heterocycles. The molecule has 4 rings (SSSR count). The van der Waals surface area contributed by atoms with E-state index in [2.05, 4.69) is 0 Å². The molecule has 1 fully saturated rings. The highest BCUT2D eigenvalue weighted by molar-refractivity contribution is 6.30. The van der Waals surface area contributed by atoms with E-state index in [0.29, 0.717) is 34.5 Å². The number of methoxy groups -OCH3 is 1. The van der Waals surface area contributed by atoms with E-state index >= 15 is 0 Å². The third-order valence-corrected chi connectivity index (χ3v) is 6.26. The summed E-state index contributed by atoms with van der Waals surface area (Å²) in [5.74, 6) is 0.480. The van der Waals surface area contributed by atoms with Crippen LogP contribution >= 0.6 is 11.6 Å². The van der Waals surface area contributed by atoms with Crippen LogP contribution in [0.4, 0.5) is 0 Å². The number of hydrogen-bond donors (Lipinski definition) is 0. The zero-order valence-corrected chi connectivity index (χ0v) is 18.5. The van der Waals surface area contributed by atoms with Crippen molar-refractivity contribution in [2.45, 2.75) is 38.7 Å². The van der Waals surface area contributed by atoms with Gasteiger partial charge in [-0.1, -0.05) is 41.9 Å². The Kier molecular flexibility index (Phi) is 6.33. The van der Waals surface area contributed by atoms with Gasteiger partial charge in [-0.3, -0.25) is 4.79 Å². The Morgan fingerprint density at radius 2 is 1.84 bits per heavy atom. The fourth-order valence-corrected chi connectivity index (χ4v) is 4.21. The van der Waals surface area contributed by atoms with Gasteiger partial charge in [0.1, 0.15) is 12.4 Å². The van der Waals surface area contributed by atoms with Crippen LogP contribution in [0.2, 0.25) is 5.02 Å². The van der Waals surface area contributed by atoms with Crippen molar-refractivity contribution in [2.24, 2.45) is 5.92 Å². The highest BCUT2D eigenvalue weighted by Crippen LogP contribution is 2.40. The number of allylic oxidation sites excluding steroid dienone is 1. The molecule has 1 aliphatic carbocycles. The topological polar surface area (TPSA) is 55.8 Å². The van der Waals surface area contributed by atoms with Gasteiger partial charge in [0.05, 0.1) is 12.7 Å². The Bertz CT molecular complexity index is 1010. The van der Waals surface area contributed by atoms with Crippen LogP contribution < -0.4 is 4.74 Å². The predicted octanol–water partition coefficient (Wildman–Crippen LogP) is 5.09. The molecule has 6 heteroatoms. The summed E-state index contributed by atoms with van der Waals surface area (Å²) in [4.78, 5) is 28.0. The monoisotopic (exact) mass is 439 g/mol. The highest BCUT2D eigenvalue weighted by atomic mass is 35.5. The average Bonchev–Trinajstić information content (AvgIpc) is 3.59. The predicted molar refractivity (Wildman–Crippen MR) is 119 cm³/mol. The summed E-state index contributed by atoms with van der Waals surface area (Å²) >= 11 is 6.05. The van der Waals surface area contributed by atoms with Crippen molar-refractivity contribution < 1.29 is 19.1 Å². The Morgan fingerprint density at radius 3 is 2.52 bits per heavy atom. The van der Waals surface area contributed by atoms with Gasteiger partial charge in [0, 0.05) is 35.2 Å². The third kappa shape index (κ3) is 4.77. The molecule has 0 radical (unpaired) electrons. The van der Waals surface area contributed by atoms with Crippen LogP contribution in [0.3, 0.4) is 0 Å². The normalized spacial score (nSPS) is 18.9. The van der Waals surface area contributed by atoms with E-state index in [1.807, 2.05) is 43.3 Å². The maximum absolute atomic E-state index is 13.3. The van der Waals surface area contributed by atoms with Crippen molar-refractivity contribution >= 4 is 23.5 Å². The Hall–Kier alpha value is -2.79. The number of rotatable bonds is 7. The molecule has 1 amide bonds. The lowest BCUT2D eigenvalue weighted by molar-refractivity contribution is -0.141. The lowest BCUT2D eigenvalue weighted by Crippen LogP contribution is -2.39. The van der Waals surface area contributed by atoms with Gasteiger partial charge in [-0.2, -0.15) is 0 Å². The summed E-state index contributed by atoms with van der Waals surface area (Å²) < 4.78 is 11.1. The SMILES string of the molecule is COc1ccccc1COC(=O)C1=C(C)N(CC2CC2)C(=O)CC1c1ccc(Cl)cc1. The van der Waals surface area contributed by atoms with Crippen molar-refractivity contribution in [3.63, 3.8) is 0 Å². The van der Waals surface area contributed by atoms with Gasteiger partial charge >= 0.3 is 5.97 Å². The number of carbonyl (C=O) groups excluding carboxylic acids is 2. The molecule has 1 saturated carbocycles. The maximum Gasteiger partial charge on any atom is 0.336 e. The minimum atomic E-state index is -0.406. The molecule has 0 spiro atoms. The summed E-state index contributed by atoms with van der Waals surface area (Å²) in [6.45, 7) is 2.62. The molecular weight excluding hydrogens is 414 g/mol. The molecule has 0 aromatic heterocycles. The third-order valence-electron chi connectivity index (χ3n) is 6.00. The fraction of sp³-hybridized carbons (Fsp3) is 0.360. The average molecular weight is 440 g/mol. The molecule has 0 saturated heterocycles. The maximum atomic E-state index is 13.3. The summed E-state index contributed by atoms with van der Waals surface area (Å²) in [6.07, 6.45) is 2.50. The van der Waals surface area contributed by atoms with E-state index in [9.17, 15) is 9.59 Å². The van der Waals surface area contributed by atoms with Crippen LogP contribution in [0.15, 0.2) is 59.8 Å². The van der Waals surface area contributed by atoms with Gasteiger partial charge in [0.25, 0.3) is 0 Å². The van der Waals surface area contributed by atoms with Crippen LogP contribution in [0, 0.1) is 5.92 Å². The van der Waals surface area contributed by atoms with Gasteiger partial charge in [-0.05, 0) is 49.4 Å². The van der Waals surface area contributed by atoms with Crippen LogP contribution in [-0.4, -0.2) is 30.4 Å². The number of halogens is 1. The number of amides is 1. The van der Waals surface area contributed by atoms with Gasteiger partial charge in [0.2, 0.25) is 5.91 Å². The standard InChI is InChI=1S/C25H26ClNO4/c1-16-24(25(29)31-15-19-5-3-4-6-22(19)30-2)21(18-9-11-20(26)12-10-18)13-23(28)27(16)14-17-7-8-17/h3-6,9-12,17,21H,7-8,13-15H2,1-2H3. The van der Waals surface area contributed by atoms with Crippen molar-refractivity contribution in [3.05, 3.63) is 76.0 Å². The first-order valence-electron chi connectivity index (χ1n) is 10.5. The number of hydrogen-bond acceptors (Lipinski definition) is 4. The molecule has 1 atom stereocenters. The molecule has 162 valence electrons. The number of benzene rings is 2. The number of nitrogens with zero attached hydrogens (tertiary/aromatic N) is 1. The lowest BCUT2D eigenvalue weighted by atomic mass is 9.83. The van der Waals surface area contributed by atoms with Gasteiger partial charge in [0.15, 0.2) is 0 Å². The summed E-state index contributed by atoms with van der Waals surface area (Å²) in [5, 5.41) is 0.613. The molecule has 31 heavy (non-hydrogen) atoms. The lowest BCUT2D eigenvalue weighted by Gasteiger charge is -2.34. The van der Waals surface area contributed by atoms with Crippen LogP contribution in [0.5, 0.6) is 5.75 Å². The molecule has 2 aromatic carbocycles. The molecule has 5 nitrogen and oxygen atoms in total. The van der Waals surface area contributed by atoms with Crippen molar-refractivity contribution in [3.8, 4) is 5.75 Å². The number of esters is 1. The van der Waals surface area contributed by atoms with E-state index in [-0.39, 0.29) is 24.9 Å².